The normalized spacial score (nSPS) is 10.3. The number of ether oxygens (including phenoxy) is 1. The molecule has 2 rings (SSSR count). The first-order valence-corrected chi connectivity index (χ1v) is 6.71. The first kappa shape index (κ1) is 14.7. The summed E-state index contributed by atoms with van der Waals surface area (Å²) < 4.78 is 5.25. The fraction of sp³-hybridized carbons (Fsp3) is 0.133. The lowest BCUT2D eigenvalue weighted by atomic mass is 10.1. The Morgan fingerprint density at radius 2 is 1.95 bits per heavy atom. The molecule has 0 aliphatic rings. The van der Waals surface area contributed by atoms with E-state index in [-0.39, 0.29) is 22.2 Å². The summed E-state index contributed by atoms with van der Waals surface area (Å²) in [6, 6.07) is 10.6. The molecule has 2 N–H and O–H groups in total. The predicted molar refractivity (Wildman–Crippen MR) is 81.2 cm³/mol. The number of benzene rings is 2. The zero-order valence-corrected chi connectivity index (χ0v) is 12.3. The highest BCUT2D eigenvalue weighted by molar-refractivity contribution is 6.44. The number of hydrogen-bond acceptors (Lipinski definition) is 3. The standard InChI is InChI=1S/C15H13Cl2NO2/c1-9-4-2-3-5-10(9)8-20-15(19)12-6-11(18)7-13(16)14(12)17/h2-7H,8,18H2,1H3. The van der Waals surface area contributed by atoms with Gasteiger partial charge >= 0.3 is 5.97 Å². The van der Waals surface area contributed by atoms with Gasteiger partial charge in [0.1, 0.15) is 6.61 Å². The molecule has 3 nitrogen and oxygen atoms in total. The summed E-state index contributed by atoms with van der Waals surface area (Å²) in [5.74, 6) is -0.549. The van der Waals surface area contributed by atoms with Crippen molar-refractivity contribution >= 4 is 34.9 Å². The Labute approximate surface area is 127 Å². The maximum Gasteiger partial charge on any atom is 0.340 e. The van der Waals surface area contributed by atoms with Gasteiger partial charge in [-0.1, -0.05) is 47.5 Å². The number of hydrogen-bond donors (Lipinski definition) is 1. The van der Waals surface area contributed by atoms with Gasteiger partial charge in [0.05, 0.1) is 15.6 Å². The summed E-state index contributed by atoms with van der Waals surface area (Å²) in [5, 5.41) is 0.380. The summed E-state index contributed by atoms with van der Waals surface area (Å²) in [7, 11) is 0. The molecule has 0 radical (unpaired) electrons. The fourth-order valence-electron chi connectivity index (χ4n) is 1.75. The Kier molecular flexibility index (Phi) is 4.53. The number of nitrogen functional groups attached to an aromatic ring is 1. The molecule has 0 fully saturated rings. The first-order valence-electron chi connectivity index (χ1n) is 5.95. The minimum atomic E-state index is -0.549. The quantitative estimate of drug-likeness (QED) is 0.681. The fourth-order valence-corrected chi connectivity index (χ4v) is 2.17. The van der Waals surface area contributed by atoms with Crippen LogP contribution in [0.25, 0.3) is 0 Å². The molecule has 0 amide bonds. The highest BCUT2D eigenvalue weighted by Gasteiger charge is 2.16. The molecule has 5 heteroatoms. The average Bonchev–Trinajstić information content (AvgIpc) is 2.41. The number of esters is 1. The van der Waals surface area contributed by atoms with Gasteiger partial charge in [0.25, 0.3) is 0 Å². The third kappa shape index (κ3) is 3.24. The van der Waals surface area contributed by atoms with Gasteiger partial charge in [0.2, 0.25) is 0 Å². The van der Waals surface area contributed by atoms with Crippen LogP contribution in [-0.4, -0.2) is 5.97 Å². The van der Waals surface area contributed by atoms with E-state index in [4.69, 9.17) is 33.7 Å². The SMILES string of the molecule is Cc1ccccc1COC(=O)c1cc(N)cc(Cl)c1Cl. The summed E-state index contributed by atoms with van der Waals surface area (Å²) in [5.41, 5.74) is 8.17. The van der Waals surface area contributed by atoms with Crippen LogP contribution in [0.5, 0.6) is 0 Å². The number of carbonyl (C=O) groups is 1. The highest BCUT2D eigenvalue weighted by atomic mass is 35.5. The lowest BCUT2D eigenvalue weighted by Crippen LogP contribution is -2.07. The maximum atomic E-state index is 12.0. The van der Waals surface area contributed by atoms with Crippen molar-refractivity contribution < 1.29 is 9.53 Å². The molecule has 0 unspecified atom stereocenters. The number of nitrogens with two attached hydrogens (primary N) is 1. The Bertz CT molecular complexity index is 656. The second-order valence-electron chi connectivity index (χ2n) is 4.37. The van der Waals surface area contributed by atoms with Crippen molar-refractivity contribution in [1.29, 1.82) is 0 Å². The van der Waals surface area contributed by atoms with E-state index in [0.717, 1.165) is 11.1 Å². The summed E-state index contributed by atoms with van der Waals surface area (Å²) in [4.78, 5) is 12.0. The summed E-state index contributed by atoms with van der Waals surface area (Å²) in [6.45, 7) is 2.13. The van der Waals surface area contributed by atoms with E-state index in [1.807, 2.05) is 31.2 Å². The molecule has 0 atom stereocenters. The first-order chi connectivity index (χ1) is 9.49. The van der Waals surface area contributed by atoms with E-state index in [1.54, 1.807) is 0 Å². The van der Waals surface area contributed by atoms with Crippen molar-refractivity contribution in [1.82, 2.24) is 0 Å². The van der Waals surface area contributed by atoms with E-state index < -0.39 is 5.97 Å². The molecular weight excluding hydrogens is 297 g/mol. The van der Waals surface area contributed by atoms with Crippen LogP contribution in [0.15, 0.2) is 36.4 Å². The van der Waals surface area contributed by atoms with Gasteiger partial charge in [-0.15, -0.1) is 0 Å². The van der Waals surface area contributed by atoms with Gasteiger partial charge in [-0.25, -0.2) is 4.79 Å². The van der Waals surface area contributed by atoms with Crippen LogP contribution < -0.4 is 5.73 Å². The Hall–Kier alpha value is -1.71. The zero-order valence-electron chi connectivity index (χ0n) is 10.8. The van der Waals surface area contributed by atoms with Crippen molar-refractivity contribution in [2.24, 2.45) is 0 Å². The molecule has 0 heterocycles. The van der Waals surface area contributed by atoms with Crippen LogP contribution in [0.4, 0.5) is 5.69 Å². The minimum Gasteiger partial charge on any atom is -0.457 e. The van der Waals surface area contributed by atoms with E-state index >= 15 is 0 Å². The van der Waals surface area contributed by atoms with E-state index in [0.29, 0.717) is 5.69 Å². The minimum absolute atomic E-state index is 0.149. The molecule has 0 aliphatic heterocycles. The topological polar surface area (TPSA) is 52.3 Å². The second-order valence-corrected chi connectivity index (χ2v) is 5.15. The number of rotatable bonds is 3. The molecule has 2 aromatic rings. The van der Waals surface area contributed by atoms with Crippen LogP contribution >= 0.6 is 23.2 Å². The van der Waals surface area contributed by atoms with E-state index in [9.17, 15) is 4.79 Å². The van der Waals surface area contributed by atoms with Gasteiger partial charge in [-0.2, -0.15) is 0 Å². The molecule has 0 aromatic heterocycles. The predicted octanol–water partition coefficient (Wildman–Crippen LogP) is 4.24. The highest BCUT2D eigenvalue weighted by Crippen LogP contribution is 2.29. The number of aryl methyl sites for hydroxylation is 1. The molecule has 0 saturated heterocycles. The largest absolute Gasteiger partial charge is 0.457 e. The summed E-state index contributed by atoms with van der Waals surface area (Å²) in [6.07, 6.45) is 0. The molecule has 2 aromatic carbocycles. The molecule has 20 heavy (non-hydrogen) atoms. The third-order valence-corrected chi connectivity index (χ3v) is 3.69. The molecule has 0 bridgehead atoms. The molecule has 0 spiro atoms. The van der Waals surface area contributed by atoms with Gasteiger partial charge in [0.15, 0.2) is 0 Å². The Morgan fingerprint density at radius 1 is 1.25 bits per heavy atom. The van der Waals surface area contributed by atoms with Gasteiger partial charge in [-0.3, -0.25) is 0 Å². The number of halogens is 2. The van der Waals surface area contributed by atoms with E-state index in [1.165, 1.54) is 12.1 Å². The van der Waals surface area contributed by atoms with Crippen molar-refractivity contribution in [3.8, 4) is 0 Å². The molecule has 104 valence electrons. The second kappa shape index (κ2) is 6.16. The van der Waals surface area contributed by atoms with Gasteiger partial charge < -0.3 is 10.5 Å². The lowest BCUT2D eigenvalue weighted by molar-refractivity contribution is 0.0472. The molecular formula is C15H13Cl2NO2. The smallest absolute Gasteiger partial charge is 0.340 e. The monoisotopic (exact) mass is 309 g/mol. The molecule has 0 saturated carbocycles. The Balaban J connectivity index is 2.15. The Morgan fingerprint density at radius 3 is 2.65 bits per heavy atom. The number of carbonyl (C=O) groups excluding carboxylic acids is 1. The maximum absolute atomic E-state index is 12.0. The van der Waals surface area contributed by atoms with Crippen molar-refractivity contribution in [3.05, 3.63) is 63.1 Å². The third-order valence-electron chi connectivity index (χ3n) is 2.89. The van der Waals surface area contributed by atoms with E-state index in [2.05, 4.69) is 0 Å². The van der Waals surface area contributed by atoms with Crippen molar-refractivity contribution in [2.45, 2.75) is 13.5 Å². The van der Waals surface area contributed by atoms with Crippen LogP contribution in [0, 0.1) is 6.92 Å². The van der Waals surface area contributed by atoms with Crippen LogP contribution in [0.3, 0.4) is 0 Å². The van der Waals surface area contributed by atoms with Crippen molar-refractivity contribution in [3.63, 3.8) is 0 Å². The van der Waals surface area contributed by atoms with Gasteiger partial charge in [-0.05, 0) is 30.2 Å². The van der Waals surface area contributed by atoms with Crippen molar-refractivity contribution in [2.75, 3.05) is 5.73 Å². The lowest BCUT2D eigenvalue weighted by Gasteiger charge is -2.09. The van der Waals surface area contributed by atoms with Crippen LogP contribution in [0.2, 0.25) is 10.0 Å². The molecule has 0 aliphatic carbocycles. The zero-order chi connectivity index (χ0) is 14.7. The van der Waals surface area contributed by atoms with Gasteiger partial charge in [0, 0.05) is 5.69 Å². The van der Waals surface area contributed by atoms with Crippen LogP contribution in [-0.2, 0) is 11.3 Å². The average molecular weight is 310 g/mol. The summed E-state index contributed by atoms with van der Waals surface area (Å²) >= 11 is 11.9. The van der Waals surface area contributed by atoms with Crippen LogP contribution in [0.1, 0.15) is 21.5 Å². The number of anilines is 1.